The van der Waals surface area contributed by atoms with Crippen LogP contribution in [-0.2, 0) is 4.79 Å². The van der Waals surface area contributed by atoms with Crippen molar-refractivity contribution in [2.45, 2.75) is 38.9 Å². The lowest BCUT2D eigenvalue weighted by Crippen LogP contribution is -2.62. The Balaban J connectivity index is 1.64. The minimum atomic E-state index is -0.920. The largest absolute Gasteiger partial charge is 0.490 e. The summed E-state index contributed by atoms with van der Waals surface area (Å²) < 4.78 is 5.49. The second kappa shape index (κ2) is 6.58. The summed E-state index contributed by atoms with van der Waals surface area (Å²) in [5, 5.41) is 20.3. The lowest BCUT2D eigenvalue weighted by molar-refractivity contribution is -0.169. The third-order valence-electron chi connectivity index (χ3n) is 5.58. The number of Topliss-reactive ketones (excluding diaryl/α,β-unsaturated/α-hetero) is 1. The highest BCUT2D eigenvalue weighted by atomic mass is 16.5. The third kappa shape index (κ3) is 2.94. The van der Waals surface area contributed by atoms with Crippen molar-refractivity contribution in [1.29, 1.82) is 0 Å². The van der Waals surface area contributed by atoms with Gasteiger partial charge in [0.05, 0.1) is 12.0 Å². The van der Waals surface area contributed by atoms with Crippen LogP contribution in [0.2, 0.25) is 0 Å². The van der Waals surface area contributed by atoms with Crippen molar-refractivity contribution < 1.29 is 19.7 Å². The van der Waals surface area contributed by atoms with E-state index in [1.54, 1.807) is 0 Å². The van der Waals surface area contributed by atoms with Gasteiger partial charge in [0.25, 0.3) is 0 Å². The molecule has 2 fully saturated rings. The summed E-state index contributed by atoms with van der Waals surface area (Å²) in [5.74, 6) is 6.54. The Bertz CT molecular complexity index is 659. The molecule has 0 bridgehead atoms. The van der Waals surface area contributed by atoms with E-state index in [0.29, 0.717) is 12.2 Å². The molecule has 3 rings (SSSR count). The zero-order chi connectivity index (χ0) is 17.3. The average molecular weight is 328 g/mol. The van der Waals surface area contributed by atoms with Gasteiger partial charge >= 0.3 is 0 Å². The van der Waals surface area contributed by atoms with Crippen molar-refractivity contribution in [2.75, 3.05) is 6.61 Å². The van der Waals surface area contributed by atoms with Crippen LogP contribution >= 0.6 is 0 Å². The van der Waals surface area contributed by atoms with E-state index in [1.165, 1.54) is 0 Å². The number of aliphatic hydroxyl groups excluding tert-OH is 2. The van der Waals surface area contributed by atoms with E-state index in [4.69, 9.17) is 4.74 Å². The summed E-state index contributed by atoms with van der Waals surface area (Å²) in [6.45, 7) is 3.97. The SMILES string of the molecule is CC1C(=O)[C@]2(C)CC[C@H](O)[C@@H](C#C[C@H](O)COc3ccccc3)[C@H]12. The number of benzene rings is 1. The first-order valence-electron chi connectivity index (χ1n) is 8.53. The second-order valence-corrected chi connectivity index (χ2v) is 7.16. The molecule has 2 saturated carbocycles. The minimum absolute atomic E-state index is 0.0676. The maximum atomic E-state index is 12.2. The number of carbonyl (C=O) groups is 1. The minimum Gasteiger partial charge on any atom is -0.490 e. The number of hydrogen-bond donors (Lipinski definition) is 2. The number of fused-ring (bicyclic) bond motifs is 1. The van der Waals surface area contributed by atoms with Gasteiger partial charge in [0, 0.05) is 11.3 Å². The molecule has 4 heteroatoms. The Labute approximate surface area is 142 Å². The predicted molar refractivity (Wildman–Crippen MR) is 90.2 cm³/mol. The number of aliphatic hydroxyl groups is 2. The highest BCUT2D eigenvalue weighted by Gasteiger charge is 2.62. The maximum Gasteiger partial charge on any atom is 0.148 e. The number of ketones is 1. The standard InChI is InChI=1S/C20H24O4/c1-13-18-16(17(22)10-11-20(18,2)19(13)23)9-8-14(21)12-24-15-6-4-3-5-7-15/h3-7,13-14,16-18,21-22H,10-12H2,1-2H3/t13?,14-,16+,17-,18-,20+/m0/s1. The van der Waals surface area contributed by atoms with Crippen LogP contribution < -0.4 is 4.74 Å². The Hall–Kier alpha value is -1.83. The van der Waals surface area contributed by atoms with Gasteiger partial charge in [-0.15, -0.1) is 0 Å². The first-order chi connectivity index (χ1) is 11.4. The summed E-state index contributed by atoms with van der Waals surface area (Å²) in [6.07, 6.45) is -0.147. The van der Waals surface area contributed by atoms with E-state index in [9.17, 15) is 15.0 Å². The number of para-hydroxylation sites is 1. The Morgan fingerprint density at radius 2 is 2.08 bits per heavy atom. The fourth-order valence-electron chi connectivity index (χ4n) is 4.28. The molecule has 1 aromatic rings. The second-order valence-electron chi connectivity index (χ2n) is 7.16. The molecule has 24 heavy (non-hydrogen) atoms. The fourth-order valence-corrected chi connectivity index (χ4v) is 4.28. The zero-order valence-electron chi connectivity index (χ0n) is 14.1. The van der Waals surface area contributed by atoms with E-state index in [-0.39, 0.29) is 35.6 Å². The molecule has 0 spiro atoms. The van der Waals surface area contributed by atoms with Gasteiger partial charge in [0.2, 0.25) is 0 Å². The summed E-state index contributed by atoms with van der Waals surface area (Å²) in [6, 6.07) is 9.26. The summed E-state index contributed by atoms with van der Waals surface area (Å²) in [4.78, 5) is 12.2. The average Bonchev–Trinajstić information content (AvgIpc) is 2.60. The van der Waals surface area contributed by atoms with Gasteiger partial charge in [-0.2, -0.15) is 0 Å². The molecule has 1 unspecified atom stereocenters. The van der Waals surface area contributed by atoms with Gasteiger partial charge in [-0.25, -0.2) is 0 Å². The molecule has 1 aromatic carbocycles. The number of ether oxygens (including phenoxy) is 1. The summed E-state index contributed by atoms with van der Waals surface area (Å²) in [5.41, 5.74) is -0.358. The molecule has 0 aliphatic heterocycles. The van der Waals surface area contributed by atoms with Crippen molar-refractivity contribution in [3.63, 3.8) is 0 Å². The lowest BCUT2D eigenvalue weighted by atomic mass is 9.45. The number of hydrogen-bond acceptors (Lipinski definition) is 4. The molecule has 0 radical (unpaired) electrons. The molecule has 128 valence electrons. The molecular formula is C20H24O4. The number of carbonyl (C=O) groups excluding carboxylic acids is 1. The van der Waals surface area contributed by atoms with Crippen molar-refractivity contribution in [3.05, 3.63) is 30.3 Å². The molecule has 0 saturated heterocycles. The van der Waals surface area contributed by atoms with E-state index in [1.807, 2.05) is 44.2 Å². The van der Waals surface area contributed by atoms with Gasteiger partial charge in [0.1, 0.15) is 24.2 Å². The van der Waals surface area contributed by atoms with Crippen LogP contribution in [0.3, 0.4) is 0 Å². The molecule has 6 atom stereocenters. The van der Waals surface area contributed by atoms with Crippen molar-refractivity contribution in [1.82, 2.24) is 0 Å². The first kappa shape index (κ1) is 17.0. The molecule has 2 aliphatic rings. The van der Waals surface area contributed by atoms with Crippen LogP contribution in [0.4, 0.5) is 0 Å². The quantitative estimate of drug-likeness (QED) is 0.834. The highest BCUT2D eigenvalue weighted by Crippen LogP contribution is 2.57. The summed E-state index contributed by atoms with van der Waals surface area (Å²) in [7, 11) is 0. The Morgan fingerprint density at radius 1 is 1.38 bits per heavy atom. The zero-order valence-corrected chi connectivity index (χ0v) is 14.1. The van der Waals surface area contributed by atoms with Crippen LogP contribution in [0, 0.1) is 35.0 Å². The van der Waals surface area contributed by atoms with E-state index < -0.39 is 12.2 Å². The molecule has 0 aromatic heterocycles. The highest BCUT2D eigenvalue weighted by molar-refractivity contribution is 5.93. The first-order valence-corrected chi connectivity index (χ1v) is 8.53. The van der Waals surface area contributed by atoms with E-state index >= 15 is 0 Å². The van der Waals surface area contributed by atoms with Crippen LogP contribution in [0.25, 0.3) is 0 Å². The smallest absolute Gasteiger partial charge is 0.148 e. The Morgan fingerprint density at radius 3 is 2.79 bits per heavy atom. The van der Waals surface area contributed by atoms with Crippen molar-refractivity contribution in [2.24, 2.45) is 23.2 Å². The maximum absolute atomic E-state index is 12.2. The number of rotatable bonds is 3. The Kier molecular flexibility index (Phi) is 4.67. The van der Waals surface area contributed by atoms with Crippen LogP contribution in [0.5, 0.6) is 5.75 Å². The normalized spacial score (nSPS) is 35.9. The van der Waals surface area contributed by atoms with Crippen LogP contribution in [-0.4, -0.2) is 34.8 Å². The van der Waals surface area contributed by atoms with Gasteiger partial charge in [-0.05, 0) is 30.9 Å². The van der Waals surface area contributed by atoms with Gasteiger partial charge in [-0.1, -0.05) is 43.9 Å². The third-order valence-corrected chi connectivity index (χ3v) is 5.58. The van der Waals surface area contributed by atoms with Crippen LogP contribution in [0.1, 0.15) is 26.7 Å². The molecular weight excluding hydrogens is 304 g/mol. The molecule has 2 N–H and O–H groups in total. The van der Waals surface area contributed by atoms with E-state index in [0.717, 1.165) is 6.42 Å². The van der Waals surface area contributed by atoms with Gasteiger partial charge < -0.3 is 14.9 Å². The lowest BCUT2D eigenvalue weighted by Gasteiger charge is -2.56. The molecule has 0 heterocycles. The van der Waals surface area contributed by atoms with Crippen molar-refractivity contribution in [3.8, 4) is 17.6 Å². The topological polar surface area (TPSA) is 66.8 Å². The monoisotopic (exact) mass is 328 g/mol. The summed E-state index contributed by atoms with van der Waals surface area (Å²) >= 11 is 0. The van der Waals surface area contributed by atoms with Crippen molar-refractivity contribution >= 4 is 5.78 Å². The molecule has 0 amide bonds. The van der Waals surface area contributed by atoms with Gasteiger partial charge in [-0.3, -0.25) is 4.79 Å². The van der Waals surface area contributed by atoms with Crippen LogP contribution in [0.15, 0.2) is 30.3 Å². The molecule has 2 aliphatic carbocycles. The predicted octanol–water partition coefficient (Wildman–Crippen LogP) is 2.04. The fraction of sp³-hybridized carbons (Fsp3) is 0.550. The molecule has 4 nitrogen and oxygen atoms in total. The van der Waals surface area contributed by atoms with Gasteiger partial charge in [0.15, 0.2) is 0 Å². The van der Waals surface area contributed by atoms with E-state index in [2.05, 4.69) is 11.8 Å².